The Bertz CT molecular complexity index is 1130. The zero-order valence-electron chi connectivity index (χ0n) is 17.3. The number of hydrogen-bond donors (Lipinski definition) is 2. The summed E-state index contributed by atoms with van der Waals surface area (Å²) in [4.78, 5) is 21.3. The number of ether oxygens (including phenoxy) is 2. The Morgan fingerprint density at radius 2 is 2.16 bits per heavy atom. The molecule has 4 rings (SSSR count). The molecule has 0 bridgehead atoms. The number of rotatable bonds is 7. The van der Waals surface area contributed by atoms with Gasteiger partial charge in [0.1, 0.15) is 14.9 Å². The van der Waals surface area contributed by atoms with E-state index in [1.54, 1.807) is 19.4 Å². The number of thiophene rings is 1. The Labute approximate surface area is 186 Å². The number of amides is 1. The number of hydrogen-bond acceptors (Lipinski definition) is 8. The maximum absolute atomic E-state index is 12.7. The molecule has 31 heavy (non-hydrogen) atoms. The first-order valence-corrected chi connectivity index (χ1v) is 12.1. The molecule has 10 heteroatoms. The molecule has 1 fully saturated rings. The summed E-state index contributed by atoms with van der Waals surface area (Å²) < 4.78 is 23.1. The second-order valence-electron chi connectivity index (χ2n) is 7.30. The fourth-order valence-corrected chi connectivity index (χ4v) is 6.09. The molecule has 0 aliphatic heterocycles. The summed E-state index contributed by atoms with van der Waals surface area (Å²) in [6.07, 6.45) is 4.50. The highest BCUT2D eigenvalue weighted by atomic mass is 32.2. The van der Waals surface area contributed by atoms with Crippen molar-refractivity contribution in [3.8, 4) is 11.3 Å². The first kappa shape index (κ1) is 21.7. The molecule has 3 aromatic heterocycles. The summed E-state index contributed by atoms with van der Waals surface area (Å²) in [5, 5.41) is 3.46. The van der Waals surface area contributed by atoms with Gasteiger partial charge in [0.05, 0.1) is 41.7 Å². The Morgan fingerprint density at radius 1 is 1.35 bits per heavy atom. The molecule has 0 aromatic carbocycles. The fourth-order valence-electron chi connectivity index (χ4n) is 3.51. The van der Waals surface area contributed by atoms with Gasteiger partial charge in [-0.2, -0.15) is 0 Å². The summed E-state index contributed by atoms with van der Waals surface area (Å²) in [7, 11) is 1.66. The predicted molar refractivity (Wildman–Crippen MR) is 123 cm³/mol. The number of pyridine rings is 2. The van der Waals surface area contributed by atoms with Crippen LogP contribution in [0, 0.1) is 0 Å². The minimum absolute atomic E-state index is 0.395. The second kappa shape index (κ2) is 9.29. The molecule has 0 radical (unpaired) electrons. The lowest BCUT2D eigenvalue weighted by molar-refractivity contribution is 0.187. The molecular formula is C21H24N4O4S2. The molecule has 0 spiro atoms. The van der Waals surface area contributed by atoms with Crippen LogP contribution >= 0.6 is 11.3 Å². The monoisotopic (exact) mass is 460 g/mol. The number of carbonyl (C=O) groups is 1. The van der Waals surface area contributed by atoms with E-state index in [1.807, 2.05) is 6.07 Å². The van der Waals surface area contributed by atoms with Gasteiger partial charge >= 0.3 is 6.09 Å². The minimum Gasteiger partial charge on any atom is -0.453 e. The van der Waals surface area contributed by atoms with E-state index in [4.69, 9.17) is 15.5 Å². The van der Waals surface area contributed by atoms with Gasteiger partial charge in [-0.25, -0.2) is 14.8 Å². The van der Waals surface area contributed by atoms with Crippen LogP contribution in [0.15, 0.2) is 28.6 Å². The van der Waals surface area contributed by atoms with Crippen molar-refractivity contribution in [2.75, 3.05) is 37.6 Å². The Balaban J connectivity index is 1.75. The fraction of sp³-hybridized carbons (Fsp3) is 0.381. The topological polar surface area (TPSA) is 116 Å². The van der Waals surface area contributed by atoms with Gasteiger partial charge in [-0.3, -0.25) is 9.53 Å². The Kier molecular flexibility index (Phi) is 6.49. The van der Waals surface area contributed by atoms with Gasteiger partial charge in [0.15, 0.2) is 0 Å². The van der Waals surface area contributed by atoms with Crippen molar-refractivity contribution in [1.29, 1.82) is 0 Å². The molecule has 8 nitrogen and oxygen atoms in total. The average Bonchev–Trinajstić information content (AvgIpc) is 3.08. The van der Waals surface area contributed by atoms with Crippen LogP contribution in [-0.4, -0.2) is 46.8 Å². The number of methoxy groups -OCH3 is 2. The van der Waals surface area contributed by atoms with E-state index in [9.17, 15) is 9.00 Å². The summed E-state index contributed by atoms with van der Waals surface area (Å²) in [5.41, 5.74) is 9.81. The normalized spacial score (nSPS) is 14.9. The molecule has 3 heterocycles. The van der Waals surface area contributed by atoms with Gasteiger partial charge in [0.2, 0.25) is 0 Å². The van der Waals surface area contributed by atoms with Gasteiger partial charge in [-0.15, -0.1) is 11.3 Å². The van der Waals surface area contributed by atoms with E-state index in [1.165, 1.54) is 24.9 Å². The maximum Gasteiger partial charge on any atom is 0.412 e. The number of fused-ring (bicyclic) bond motifs is 1. The first-order chi connectivity index (χ1) is 15.0. The summed E-state index contributed by atoms with van der Waals surface area (Å²) in [6.45, 7) is 0.409. The average molecular weight is 461 g/mol. The Hall–Kier alpha value is -2.56. The number of nitrogens with one attached hydrogen (secondary N) is 1. The van der Waals surface area contributed by atoms with Crippen molar-refractivity contribution in [3.05, 3.63) is 30.0 Å². The number of anilines is 2. The number of carbonyl (C=O) groups excluding carboxylic acids is 1. The van der Waals surface area contributed by atoms with E-state index in [0.29, 0.717) is 34.0 Å². The highest BCUT2D eigenvalue weighted by Gasteiger charge is 2.27. The molecule has 1 aliphatic carbocycles. The van der Waals surface area contributed by atoms with Crippen LogP contribution in [0.5, 0.6) is 0 Å². The zero-order chi connectivity index (χ0) is 22.0. The largest absolute Gasteiger partial charge is 0.453 e. The van der Waals surface area contributed by atoms with E-state index in [-0.39, 0.29) is 0 Å². The van der Waals surface area contributed by atoms with Crippen LogP contribution in [0.3, 0.4) is 0 Å². The second-order valence-corrected chi connectivity index (χ2v) is 10.1. The molecule has 1 atom stereocenters. The van der Waals surface area contributed by atoms with E-state index >= 15 is 0 Å². The Morgan fingerprint density at radius 3 is 2.77 bits per heavy atom. The van der Waals surface area contributed by atoms with Crippen molar-refractivity contribution in [2.45, 2.75) is 29.4 Å². The molecular weight excluding hydrogens is 436 g/mol. The van der Waals surface area contributed by atoms with Crippen LogP contribution in [0.1, 0.15) is 30.7 Å². The van der Waals surface area contributed by atoms with Gasteiger partial charge in [-0.1, -0.05) is 6.42 Å². The summed E-state index contributed by atoms with van der Waals surface area (Å²) in [5.74, 6) is 1.22. The van der Waals surface area contributed by atoms with Crippen LogP contribution in [-0.2, 0) is 20.3 Å². The van der Waals surface area contributed by atoms with Crippen LogP contribution in [0.2, 0.25) is 0 Å². The molecule has 0 saturated heterocycles. The molecule has 1 saturated carbocycles. The quantitative estimate of drug-likeness (QED) is 0.544. The minimum atomic E-state index is -1.23. The van der Waals surface area contributed by atoms with Gasteiger partial charge in [-0.05, 0) is 42.5 Å². The van der Waals surface area contributed by atoms with E-state index < -0.39 is 16.9 Å². The zero-order valence-corrected chi connectivity index (χ0v) is 19.0. The maximum atomic E-state index is 12.7. The van der Waals surface area contributed by atoms with Crippen LogP contribution in [0.25, 0.3) is 21.5 Å². The van der Waals surface area contributed by atoms with Crippen LogP contribution in [0.4, 0.5) is 16.3 Å². The van der Waals surface area contributed by atoms with Gasteiger partial charge in [0, 0.05) is 24.3 Å². The van der Waals surface area contributed by atoms with Gasteiger partial charge in [0.25, 0.3) is 0 Å². The summed E-state index contributed by atoms with van der Waals surface area (Å²) in [6, 6.07) is 5.63. The summed E-state index contributed by atoms with van der Waals surface area (Å²) >= 11 is 1.39. The van der Waals surface area contributed by atoms with E-state index in [2.05, 4.69) is 21.1 Å². The lowest BCUT2D eigenvalue weighted by Crippen LogP contribution is -2.12. The SMILES string of the molecule is COCCS(=O)c1sc2nc(-c3ccc(NC(=O)OC)nc3)cc(C3CCC3)c2c1N. The highest BCUT2D eigenvalue weighted by Crippen LogP contribution is 2.46. The van der Waals surface area contributed by atoms with Crippen LogP contribution < -0.4 is 11.1 Å². The van der Waals surface area contributed by atoms with Crippen molar-refractivity contribution in [1.82, 2.24) is 9.97 Å². The molecule has 1 amide bonds. The lowest BCUT2D eigenvalue weighted by atomic mass is 9.79. The predicted octanol–water partition coefficient (Wildman–Crippen LogP) is 4.14. The smallest absolute Gasteiger partial charge is 0.412 e. The molecule has 164 valence electrons. The lowest BCUT2D eigenvalue weighted by Gasteiger charge is -2.27. The third kappa shape index (κ3) is 4.41. The molecule has 1 aliphatic rings. The van der Waals surface area contributed by atoms with Crippen molar-refractivity contribution in [3.63, 3.8) is 0 Å². The third-order valence-corrected chi connectivity index (χ3v) is 8.27. The van der Waals surface area contributed by atoms with Crippen molar-refractivity contribution in [2.24, 2.45) is 0 Å². The number of nitrogens with two attached hydrogens (primary N) is 1. The standard InChI is InChI=1S/C21H24N4O4S2/c1-28-8-9-31(27)20-18(22)17-14(12-4-3-5-12)10-15(24-19(17)30-20)13-6-7-16(23-11-13)25-21(26)29-2/h6-7,10-12H,3-5,8-9,22H2,1-2H3,(H,23,25,26). The van der Waals surface area contributed by atoms with Crippen molar-refractivity contribution >= 4 is 50.0 Å². The van der Waals surface area contributed by atoms with Crippen molar-refractivity contribution < 1.29 is 18.5 Å². The molecule has 3 aromatic rings. The van der Waals surface area contributed by atoms with Gasteiger partial charge < -0.3 is 15.2 Å². The first-order valence-electron chi connectivity index (χ1n) is 9.93. The number of nitrogens with zero attached hydrogens (tertiary/aromatic N) is 2. The van der Waals surface area contributed by atoms with E-state index in [0.717, 1.165) is 39.9 Å². The number of nitrogen functional groups attached to an aromatic ring is 1. The molecule has 3 N–H and O–H groups in total. The third-order valence-electron chi connectivity index (χ3n) is 5.39. The molecule has 1 unspecified atom stereocenters. The number of aromatic nitrogens is 2. The highest BCUT2D eigenvalue weighted by molar-refractivity contribution is 7.87.